The molecule has 0 saturated heterocycles. The van der Waals surface area contributed by atoms with E-state index in [4.69, 9.17) is 42.9 Å². The zero-order valence-electron chi connectivity index (χ0n) is 17.8. The van der Waals surface area contributed by atoms with E-state index >= 15 is 0 Å². The van der Waals surface area contributed by atoms with Gasteiger partial charge in [0.25, 0.3) is 5.91 Å². The van der Waals surface area contributed by atoms with Crippen LogP contribution in [0.15, 0.2) is 39.5 Å². The largest absolute Gasteiger partial charge is 0.493 e. The number of aromatic nitrogens is 2. The lowest BCUT2D eigenvalue weighted by Gasteiger charge is -2.10. The summed E-state index contributed by atoms with van der Waals surface area (Å²) in [5.41, 5.74) is 8.27. The number of pyridine rings is 1. The van der Waals surface area contributed by atoms with E-state index in [0.717, 1.165) is 10.7 Å². The lowest BCUT2D eigenvalue weighted by atomic mass is 9.97. The Hall–Kier alpha value is -3.14. The molecular weight excluding hydrogens is 487 g/mol. The van der Waals surface area contributed by atoms with Gasteiger partial charge in [-0.3, -0.25) is 9.78 Å². The van der Waals surface area contributed by atoms with Crippen LogP contribution in [0.4, 0.5) is 0 Å². The van der Waals surface area contributed by atoms with E-state index in [9.17, 15) is 4.79 Å². The van der Waals surface area contributed by atoms with Gasteiger partial charge in [0.05, 0.1) is 33.4 Å². The molecule has 0 bridgehead atoms. The van der Waals surface area contributed by atoms with Crippen LogP contribution in [0.1, 0.15) is 33.7 Å². The number of hydrogen-bond donors (Lipinski definition) is 1. The van der Waals surface area contributed by atoms with Crippen molar-refractivity contribution in [3.63, 3.8) is 0 Å². The summed E-state index contributed by atoms with van der Waals surface area (Å²) < 4.78 is 11.5. The number of thiazole rings is 1. The number of primary amides is 1. The van der Waals surface area contributed by atoms with Crippen LogP contribution in [0.25, 0.3) is 22.1 Å². The van der Waals surface area contributed by atoms with E-state index in [-0.39, 0.29) is 17.9 Å². The minimum absolute atomic E-state index is 0.109. The number of nitrogens with zero attached hydrogens (tertiary/aromatic N) is 3. The maximum atomic E-state index is 12.6. The van der Waals surface area contributed by atoms with E-state index in [2.05, 4.69) is 15.1 Å². The number of methoxy groups -OCH3 is 1. The molecule has 0 aliphatic carbocycles. The van der Waals surface area contributed by atoms with E-state index < -0.39 is 5.91 Å². The molecule has 33 heavy (non-hydrogen) atoms. The highest BCUT2D eigenvalue weighted by Crippen LogP contribution is 2.44. The quantitative estimate of drug-likeness (QED) is 0.258. The van der Waals surface area contributed by atoms with Gasteiger partial charge in [-0.25, -0.2) is 4.98 Å². The molecule has 0 aliphatic heterocycles. The van der Waals surface area contributed by atoms with E-state index in [1.807, 2.05) is 12.3 Å². The van der Waals surface area contributed by atoms with Gasteiger partial charge in [-0.1, -0.05) is 28.4 Å². The Morgan fingerprint density at radius 2 is 2.00 bits per heavy atom. The fraction of sp³-hybridized carbons (Fsp3) is 0.182. The number of carbonyl (C=O) groups is 1. The summed E-state index contributed by atoms with van der Waals surface area (Å²) in [6, 6.07) is 3.42. The second kappa shape index (κ2) is 9.38. The second-order valence-electron chi connectivity index (χ2n) is 6.98. The minimum Gasteiger partial charge on any atom is -0.493 e. The third kappa shape index (κ3) is 4.39. The Morgan fingerprint density at radius 1 is 1.27 bits per heavy atom. The fourth-order valence-corrected chi connectivity index (χ4v) is 4.58. The fourth-order valence-electron chi connectivity index (χ4n) is 3.42. The molecule has 1 aromatic carbocycles. The first kappa shape index (κ1) is 23.0. The van der Waals surface area contributed by atoms with Gasteiger partial charge in [-0.05, 0) is 31.5 Å². The molecule has 0 spiro atoms. The average Bonchev–Trinajstić information content (AvgIpc) is 3.37. The zero-order valence-corrected chi connectivity index (χ0v) is 20.1. The summed E-state index contributed by atoms with van der Waals surface area (Å²) in [7, 11) is 1.49. The van der Waals surface area contributed by atoms with Gasteiger partial charge in [0, 0.05) is 28.7 Å². The van der Waals surface area contributed by atoms with Crippen molar-refractivity contribution in [3.05, 3.63) is 62.0 Å². The topological polar surface area (TPSA) is 113 Å². The lowest BCUT2D eigenvalue weighted by Crippen LogP contribution is -2.14. The first-order chi connectivity index (χ1) is 15.8. The molecule has 0 atom stereocenters. The van der Waals surface area contributed by atoms with E-state index in [1.165, 1.54) is 30.8 Å². The van der Waals surface area contributed by atoms with Crippen LogP contribution >= 0.6 is 34.5 Å². The number of fused-ring (bicyclic) bond motifs is 1. The number of carbonyl (C=O) groups excluding carboxylic acids is 1. The summed E-state index contributed by atoms with van der Waals surface area (Å²) in [5, 5.41) is 7.93. The highest BCUT2D eigenvalue weighted by atomic mass is 35.5. The SMILES string of the molecule is COc1ccc(-c2c(Cl)cncc2Cl)c2c(C(N)=O)c(C(C)=NOCc3csc(C)n3)oc12. The highest BCUT2D eigenvalue weighted by molar-refractivity contribution is 7.09. The number of amides is 1. The smallest absolute Gasteiger partial charge is 0.253 e. The second-order valence-corrected chi connectivity index (χ2v) is 8.85. The van der Waals surface area contributed by atoms with E-state index in [0.29, 0.717) is 43.6 Å². The van der Waals surface area contributed by atoms with Crippen LogP contribution in [0.5, 0.6) is 5.75 Å². The standard InChI is InChI=1S/C22H18Cl2N4O4S/c1-10(28-31-8-12-9-33-11(2)27-12)20-19(22(25)29)18-13(4-5-16(30-3)21(18)32-20)17-14(23)6-26-7-15(17)24/h4-7,9H,8H2,1-3H3,(H2,25,29). The average molecular weight is 505 g/mol. The summed E-state index contributed by atoms with van der Waals surface area (Å²) in [5.74, 6) is -0.168. The summed E-state index contributed by atoms with van der Waals surface area (Å²) in [6.07, 6.45) is 2.93. The number of nitrogens with two attached hydrogens (primary N) is 1. The monoisotopic (exact) mass is 504 g/mol. The number of oxime groups is 1. The van der Waals surface area contributed by atoms with Crippen LogP contribution < -0.4 is 10.5 Å². The Labute approximate surface area is 202 Å². The molecule has 0 unspecified atom stereocenters. The Balaban J connectivity index is 1.88. The summed E-state index contributed by atoms with van der Waals surface area (Å²) in [4.78, 5) is 26.3. The molecule has 0 radical (unpaired) electrons. The normalized spacial score (nSPS) is 11.7. The van der Waals surface area contributed by atoms with Crippen molar-refractivity contribution in [2.45, 2.75) is 20.5 Å². The molecule has 8 nitrogen and oxygen atoms in total. The third-order valence-electron chi connectivity index (χ3n) is 4.80. The third-order valence-corrected chi connectivity index (χ3v) is 6.20. The molecule has 2 N–H and O–H groups in total. The van der Waals surface area contributed by atoms with Crippen LogP contribution in [-0.2, 0) is 11.4 Å². The van der Waals surface area contributed by atoms with Crippen molar-refractivity contribution in [2.75, 3.05) is 7.11 Å². The first-order valence-electron chi connectivity index (χ1n) is 9.62. The van der Waals surface area contributed by atoms with Crippen molar-refractivity contribution in [1.82, 2.24) is 9.97 Å². The number of rotatable bonds is 7. The Kier molecular flexibility index (Phi) is 6.55. The first-order valence-corrected chi connectivity index (χ1v) is 11.3. The summed E-state index contributed by atoms with van der Waals surface area (Å²) in [6.45, 7) is 3.72. The van der Waals surface area contributed by atoms with Crippen molar-refractivity contribution >= 4 is 57.1 Å². The van der Waals surface area contributed by atoms with Crippen LogP contribution in [0, 0.1) is 6.92 Å². The van der Waals surface area contributed by atoms with Gasteiger partial charge >= 0.3 is 0 Å². The molecule has 4 aromatic rings. The molecule has 11 heteroatoms. The molecule has 0 aliphatic rings. The van der Waals surface area contributed by atoms with Crippen molar-refractivity contribution in [1.29, 1.82) is 0 Å². The predicted octanol–water partition coefficient (Wildman–Crippen LogP) is 5.61. The van der Waals surface area contributed by atoms with Crippen molar-refractivity contribution in [3.8, 4) is 16.9 Å². The molecule has 3 heterocycles. The van der Waals surface area contributed by atoms with Gasteiger partial charge in [-0.15, -0.1) is 11.3 Å². The Morgan fingerprint density at radius 3 is 2.61 bits per heavy atom. The molecule has 0 fully saturated rings. The summed E-state index contributed by atoms with van der Waals surface area (Å²) >= 11 is 14.3. The van der Waals surface area contributed by atoms with Crippen molar-refractivity contribution < 1.29 is 18.8 Å². The number of aryl methyl sites for hydroxylation is 1. The molecule has 1 amide bonds. The number of hydrogen-bond acceptors (Lipinski definition) is 8. The number of ether oxygens (including phenoxy) is 1. The number of furan rings is 1. The van der Waals surface area contributed by atoms with Crippen molar-refractivity contribution in [2.24, 2.45) is 10.9 Å². The van der Waals surface area contributed by atoms with Crippen LogP contribution in [-0.4, -0.2) is 28.7 Å². The molecule has 3 aromatic heterocycles. The molecular formula is C22H18Cl2N4O4S. The molecule has 0 saturated carbocycles. The van der Waals surface area contributed by atoms with Gasteiger partial charge in [0.15, 0.2) is 23.7 Å². The van der Waals surface area contributed by atoms with E-state index in [1.54, 1.807) is 19.1 Å². The number of halogens is 2. The van der Waals surface area contributed by atoms with Gasteiger partial charge < -0.3 is 19.7 Å². The minimum atomic E-state index is -0.718. The molecule has 4 rings (SSSR count). The lowest BCUT2D eigenvalue weighted by molar-refractivity contribution is 0.100. The molecule has 170 valence electrons. The van der Waals surface area contributed by atoms with Gasteiger partial charge in [0.1, 0.15) is 5.71 Å². The van der Waals surface area contributed by atoms with Gasteiger partial charge in [-0.2, -0.15) is 0 Å². The zero-order chi connectivity index (χ0) is 23.7. The Bertz CT molecular complexity index is 1380. The highest BCUT2D eigenvalue weighted by Gasteiger charge is 2.27. The van der Waals surface area contributed by atoms with Crippen LogP contribution in [0.3, 0.4) is 0 Å². The predicted molar refractivity (Wildman–Crippen MR) is 128 cm³/mol. The van der Waals surface area contributed by atoms with Gasteiger partial charge in [0.2, 0.25) is 0 Å². The maximum absolute atomic E-state index is 12.6. The number of benzene rings is 1. The van der Waals surface area contributed by atoms with Crippen LogP contribution in [0.2, 0.25) is 10.0 Å². The maximum Gasteiger partial charge on any atom is 0.253 e.